The van der Waals surface area contributed by atoms with Gasteiger partial charge in [0, 0.05) is 0 Å². The van der Waals surface area contributed by atoms with Gasteiger partial charge in [-0.2, -0.15) is 0 Å². The zero-order valence-electron chi connectivity index (χ0n) is 9.84. The van der Waals surface area contributed by atoms with E-state index < -0.39 is 0 Å². The van der Waals surface area contributed by atoms with Gasteiger partial charge in [-0.05, 0) is 12.8 Å². The van der Waals surface area contributed by atoms with Crippen LogP contribution in [0.15, 0.2) is 0 Å². The second-order valence-corrected chi connectivity index (χ2v) is 4.78. The van der Waals surface area contributed by atoms with Gasteiger partial charge in [0.2, 0.25) is 0 Å². The molecule has 2 nitrogen and oxygen atoms in total. The monoisotopic (exact) mass is 189 g/mol. The van der Waals surface area contributed by atoms with Crippen LogP contribution in [0.5, 0.6) is 0 Å². The van der Waals surface area contributed by atoms with Gasteiger partial charge in [0.25, 0.3) is 0 Å². The highest BCUT2D eigenvalue weighted by molar-refractivity contribution is 4.42. The van der Waals surface area contributed by atoms with E-state index in [1.807, 2.05) is 0 Å². The SMILES string of the molecule is CCCCCCCC[N+](C)(C)C.[OH-]. The second-order valence-electron chi connectivity index (χ2n) is 4.78. The Morgan fingerprint density at radius 2 is 1.23 bits per heavy atom. The Kier molecular flexibility index (Phi) is 10.1. The fourth-order valence-corrected chi connectivity index (χ4v) is 1.37. The standard InChI is InChI=1S/C11H26N.H2O/c1-5-6-7-8-9-10-11-12(2,3)4;/h5-11H2,1-4H3;1H2/q+1;/p-1. The lowest BCUT2D eigenvalue weighted by Crippen LogP contribution is -2.35. The van der Waals surface area contributed by atoms with Crippen LogP contribution in [0, 0.1) is 0 Å². The first-order chi connectivity index (χ1) is 5.56. The Hall–Kier alpha value is -0.0800. The van der Waals surface area contributed by atoms with Crippen LogP contribution < -0.4 is 0 Å². The average Bonchev–Trinajstić information content (AvgIpc) is 1.94. The Labute approximate surface area is 83.8 Å². The Bertz CT molecular complexity index is 96.8. The van der Waals surface area contributed by atoms with E-state index in [9.17, 15) is 0 Å². The molecule has 0 heterocycles. The van der Waals surface area contributed by atoms with Gasteiger partial charge in [0.05, 0.1) is 27.7 Å². The molecule has 1 N–H and O–H groups in total. The summed E-state index contributed by atoms with van der Waals surface area (Å²) in [6, 6.07) is 0. The predicted molar refractivity (Wildman–Crippen MR) is 58.2 cm³/mol. The molecule has 13 heavy (non-hydrogen) atoms. The third-order valence-electron chi connectivity index (χ3n) is 2.18. The molecule has 0 saturated carbocycles. The van der Waals surface area contributed by atoms with Gasteiger partial charge in [-0.3, -0.25) is 0 Å². The molecule has 0 aromatic carbocycles. The third kappa shape index (κ3) is 14.7. The first kappa shape index (κ1) is 15.4. The van der Waals surface area contributed by atoms with Crippen LogP contribution >= 0.6 is 0 Å². The van der Waals surface area contributed by atoms with E-state index in [1.165, 1.54) is 45.1 Å². The first-order valence-corrected chi connectivity index (χ1v) is 5.36. The van der Waals surface area contributed by atoms with Crippen LogP contribution in [0.1, 0.15) is 45.4 Å². The molecule has 0 aliphatic rings. The van der Waals surface area contributed by atoms with Crippen molar-refractivity contribution in [2.45, 2.75) is 45.4 Å². The fraction of sp³-hybridized carbons (Fsp3) is 1.00. The molecule has 0 saturated heterocycles. The summed E-state index contributed by atoms with van der Waals surface area (Å²) in [6.07, 6.45) is 8.48. The fourth-order valence-electron chi connectivity index (χ4n) is 1.37. The largest absolute Gasteiger partial charge is 0.870 e. The molecule has 0 amide bonds. The molecule has 0 atom stereocenters. The quantitative estimate of drug-likeness (QED) is 0.447. The maximum atomic E-state index is 2.27. The zero-order valence-corrected chi connectivity index (χ0v) is 9.84. The molecule has 0 rings (SSSR count). The molecular weight excluding hydrogens is 162 g/mol. The minimum absolute atomic E-state index is 0. The average molecular weight is 189 g/mol. The molecule has 0 fully saturated rings. The van der Waals surface area contributed by atoms with Gasteiger partial charge in [0.1, 0.15) is 0 Å². The van der Waals surface area contributed by atoms with Gasteiger partial charge in [0.15, 0.2) is 0 Å². The lowest BCUT2D eigenvalue weighted by molar-refractivity contribution is -0.870. The number of hydrogen-bond donors (Lipinski definition) is 0. The third-order valence-corrected chi connectivity index (χ3v) is 2.18. The number of hydrogen-bond acceptors (Lipinski definition) is 1. The molecule has 0 unspecified atom stereocenters. The van der Waals surface area contributed by atoms with E-state index in [0.717, 1.165) is 4.48 Å². The van der Waals surface area contributed by atoms with E-state index in [0.29, 0.717) is 0 Å². The van der Waals surface area contributed by atoms with Crippen LogP contribution in [-0.4, -0.2) is 37.6 Å². The van der Waals surface area contributed by atoms with Gasteiger partial charge in [-0.1, -0.05) is 32.6 Å². The topological polar surface area (TPSA) is 30.0 Å². The molecule has 0 aliphatic carbocycles. The summed E-state index contributed by atoms with van der Waals surface area (Å²) in [5, 5.41) is 0. The maximum Gasteiger partial charge on any atom is 0.0780 e. The van der Waals surface area contributed by atoms with E-state index in [4.69, 9.17) is 0 Å². The van der Waals surface area contributed by atoms with Crippen molar-refractivity contribution >= 4 is 0 Å². The Morgan fingerprint density at radius 1 is 0.769 bits per heavy atom. The van der Waals surface area contributed by atoms with E-state index in [-0.39, 0.29) is 5.48 Å². The molecule has 0 bridgehead atoms. The molecule has 0 aromatic heterocycles. The Morgan fingerprint density at radius 3 is 1.69 bits per heavy atom. The van der Waals surface area contributed by atoms with E-state index in [2.05, 4.69) is 28.1 Å². The van der Waals surface area contributed by atoms with Crippen molar-refractivity contribution in [2.24, 2.45) is 0 Å². The van der Waals surface area contributed by atoms with Gasteiger partial charge in [-0.15, -0.1) is 0 Å². The van der Waals surface area contributed by atoms with Crippen LogP contribution in [0.3, 0.4) is 0 Å². The highest BCUT2D eigenvalue weighted by atomic mass is 16.0. The number of unbranched alkanes of at least 4 members (excludes halogenated alkanes) is 5. The summed E-state index contributed by atoms with van der Waals surface area (Å²) >= 11 is 0. The highest BCUT2D eigenvalue weighted by Crippen LogP contribution is 2.06. The van der Waals surface area contributed by atoms with Crippen molar-refractivity contribution in [3.63, 3.8) is 0 Å². The van der Waals surface area contributed by atoms with Gasteiger partial charge < -0.3 is 9.96 Å². The predicted octanol–water partition coefficient (Wildman–Crippen LogP) is 2.88. The summed E-state index contributed by atoms with van der Waals surface area (Å²) in [5.74, 6) is 0. The summed E-state index contributed by atoms with van der Waals surface area (Å²) in [5.41, 5.74) is 0. The normalized spacial score (nSPS) is 11.1. The smallest absolute Gasteiger partial charge is 0.0780 e. The van der Waals surface area contributed by atoms with Gasteiger partial charge in [-0.25, -0.2) is 0 Å². The van der Waals surface area contributed by atoms with E-state index in [1.54, 1.807) is 0 Å². The van der Waals surface area contributed by atoms with Crippen molar-refractivity contribution in [1.82, 2.24) is 0 Å². The Balaban J connectivity index is 0. The summed E-state index contributed by atoms with van der Waals surface area (Å²) < 4.78 is 1.12. The van der Waals surface area contributed by atoms with Crippen molar-refractivity contribution in [3.05, 3.63) is 0 Å². The van der Waals surface area contributed by atoms with Crippen molar-refractivity contribution in [1.29, 1.82) is 0 Å². The van der Waals surface area contributed by atoms with Gasteiger partial charge >= 0.3 is 0 Å². The van der Waals surface area contributed by atoms with Crippen molar-refractivity contribution < 1.29 is 9.96 Å². The molecule has 0 aromatic rings. The number of quaternary nitrogens is 1. The minimum atomic E-state index is 0. The number of rotatable bonds is 7. The van der Waals surface area contributed by atoms with Crippen LogP contribution in [-0.2, 0) is 0 Å². The molecule has 0 aliphatic heterocycles. The second kappa shape index (κ2) is 8.52. The molecule has 82 valence electrons. The van der Waals surface area contributed by atoms with Crippen LogP contribution in [0.2, 0.25) is 0 Å². The van der Waals surface area contributed by atoms with E-state index >= 15 is 0 Å². The lowest BCUT2D eigenvalue weighted by atomic mass is 10.1. The molecule has 2 heteroatoms. The summed E-state index contributed by atoms with van der Waals surface area (Å²) in [7, 11) is 6.81. The number of nitrogens with zero attached hydrogens (tertiary/aromatic N) is 1. The maximum absolute atomic E-state index is 2.27. The van der Waals surface area contributed by atoms with Crippen molar-refractivity contribution in [3.8, 4) is 0 Å². The molecular formula is C11H27NO. The summed E-state index contributed by atoms with van der Waals surface area (Å²) in [4.78, 5) is 0. The lowest BCUT2D eigenvalue weighted by Gasteiger charge is -2.23. The first-order valence-electron chi connectivity index (χ1n) is 5.36. The molecule has 0 spiro atoms. The van der Waals surface area contributed by atoms with Crippen molar-refractivity contribution in [2.75, 3.05) is 27.7 Å². The highest BCUT2D eigenvalue weighted by Gasteiger charge is 2.04. The minimum Gasteiger partial charge on any atom is -0.870 e. The summed E-state index contributed by atoms with van der Waals surface area (Å²) in [6.45, 7) is 3.60. The molecule has 0 radical (unpaired) electrons. The van der Waals surface area contributed by atoms with Crippen LogP contribution in [0.25, 0.3) is 0 Å². The zero-order chi connectivity index (χ0) is 9.45. The van der Waals surface area contributed by atoms with Crippen LogP contribution in [0.4, 0.5) is 0 Å².